The molecule has 1 amide bonds. The van der Waals surface area contributed by atoms with Crippen LogP contribution < -0.4 is 4.74 Å². The second kappa shape index (κ2) is 7.47. The fourth-order valence-corrected chi connectivity index (χ4v) is 3.64. The standard InChI is InChI=1S/C22H19N5O3/c1-29-16-10-8-15(9-11-16)18-13-20(21-7-4-12-30-21)27(24-18)22(28)14-26-19-6-3-2-5-17(19)23-25-26/h2-12,20H,13-14H2,1H3/t20-/m0/s1. The minimum Gasteiger partial charge on any atom is -0.497 e. The first-order chi connectivity index (χ1) is 14.7. The van der Waals surface area contributed by atoms with Gasteiger partial charge in [-0.3, -0.25) is 4.79 Å². The number of aromatic nitrogens is 3. The van der Waals surface area contributed by atoms with Crippen molar-refractivity contribution in [3.05, 3.63) is 78.3 Å². The molecule has 4 aromatic rings. The summed E-state index contributed by atoms with van der Waals surface area (Å²) in [5.74, 6) is 1.28. The van der Waals surface area contributed by atoms with Gasteiger partial charge in [-0.05, 0) is 54.1 Å². The number of fused-ring (bicyclic) bond motifs is 1. The molecule has 0 N–H and O–H groups in total. The van der Waals surface area contributed by atoms with Crippen molar-refractivity contribution in [1.29, 1.82) is 0 Å². The molecule has 150 valence electrons. The highest BCUT2D eigenvalue weighted by molar-refractivity contribution is 6.03. The first kappa shape index (κ1) is 18.1. The van der Waals surface area contributed by atoms with E-state index in [0.717, 1.165) is 28.1 Å². The average Bonchev–Trinajstić information content (AvgIpc) is 3.53. The minimum atomic E-state index is -0.306. The molecule has 2 aromatic heterocycles. The van der Waals surface area contributed by atoms with E-state index >= 15 is 0 Å². The van der Waals surface area contributed by atoms with Crippen molar-refractivity contribution in [2.75, 3.05) is 7.11 Å². The van der Waals surface area contributed by atoms with E-state index < -0.39 is 0 Å². The number of nitrogens with zero attached hydrogens (tertiary/aromatic N) is 5. The molecule has 8 heteroatoms. The van der Waals surface area contributed by atoms with Gasteiger partial charge in [-0.25, -0.2) is 9.69 Å². The summed E-state index contributed by atoms with van der Waals surface area (Å²) in [5, 5.41) is 14.4. The Kier molecular flexibility index (Phi) is 4.51. The number of carbonyl (C=O) groups excluding carboxylic acids is 1. The summed E-state index contributed by atoms with van der Waals surface area (Å²) in [4.78, 5) is 13.2. The van der Waals surface area contributed by atoms with E-state index in [2.05, 4.69) is 15.4 Å². The monoisotopic (exact) mass is 401 g/mol. The summed E-state index contributed by atoms with van der Waals surface area (Å²) < 4.78 is 12.4. The average molecular weight is 401 g/mol. The van der Waals surface area contributed by atoms with Crippen LogP contribution in [0.1, 0.15) is 23.8 Å². The lowest BCUT2D eigenvalue weighted by Gasteiger charge is -2.19. The summed E-state index contributed by atoms with van der Waals surface area (Å²) in [7, 11) is 1.63. The third-order valence-corrected chi connectivity index (χ3v) is 5.17. The van der Waals surface area contributed by atoms with Crippen LogP contribution in [0.5, 0.6) is 5.75 Å². The third-order valence-electron chi connectivity index (χ3n) is 5.17. The van der Waals surface area contributed by atoms with Crippen molar-refractivity contribution in [3.63, 3.8) is 0 Å². The zero-order valence-corrected chi connectivity index (χ0v) is 16.3. The van der Waals surface area contributed by atoms with Crippen LogP contribution in [0, 0.1) is 0 Å². The Morgan fingerprint density at radius 2 is 1.97 bits per heavy atom. The van der Waals surface area contributed by atoms with E-state index in [9.17, 15) is 4.79 Å². The predicted octanol–water partition coefficient (Wildman–Crippen LogP) is 3.41. The Labute approximate surface area is 172 Å². The molecule has 2 aromatic carbocycles. The quantitative estimate of drug-likeness (QED) is 0.512. The highest BCUT2D eigenvalue weighted by Crippen LogP contribution is 2.33. The van der Waals surface area contributed by atoms with Crippen molar-refractivity contribution >= 4 is 22.7 Å². The lowest BCUT2D eigenvalue weighted by atomic mass is 10.0. The molecule has 30 heavy (non-hydrogen) atoms. The van der Waals surface area contributed by atoms with Crippen LogP contribution in [0.4, 0.5) is 0 Å². The van der Waals surface area contributed by atoms with Crippen LogP contribution in [-0.4, -0.2) is 38.7 Å². The van der Waals surface area contributed by atoms with E-state index in [0.29, 0.717) is 12.2 Å². The fraction of sp³-hybridized carbons (Fsp3) is 0.182. The Balaban J connectivity index is 1.45. The Morgan fingerprint density at radius 1 is 1.13 bits per heavy atom. The maximum atomic E-state index is 13.2. The van der Waals surface area contributed by atoms with Gasteiger partial charge in [0.15, 0.2) is 0 Å². The number of hydrazone groups is 1. The van der Waals surface area contributed by atoms with Gasteiger partial charge >= 0.3 is 0 Å². The van der Waals surface area contributed by atoms with E-state index in [1.165, 1.54) is 5.01 Å². The fourth-order valence-electron chi connectivity index (χ4n) is 3.64. The molecule has 1 aliphatic heterocycles. The molecule has 1 aliphatic rings. The molecule has 0 spiro atoms. The molecule has 5 rings (SSSR count). The highest BCUT2D eigenvalue weighted by atomic mass is 16.5. The van der Waals surface area contributed by atoms with Crippen molar-refractivity contribution in [2.24, 2.45) is 5.10 Å². The first-order valence-corrected chi connectivity index (χ1v) is 9.58. The molecule has 0 saturated heterocycles. The van der Waals surface area contributed by atoms with Gasteiger partial charge in [-0.2, -0.15) is 5.10 Å². The van der Waals surface area contributed by atoms with Gasteiger partial charge in [0.1, 0.15) is 29.6 Å². The summed E-state index contributed by atoms with van der Waals surface area (Å²) in [6.45, 7) is 0.0388. The SMILES string of the molecule is COc1ccc(C2=NN(C(=O)Cn3nnc4ccccc43)[C@H](c3ccco3)C2)cc1. The van der Waals surface area contributed by atoms with Gasteiger partial charge in [0, 0.05) is 6.42 Å². The number of hydrogen-bond acceptors (Lipinski definition) is 6. The Hall–Kier alpha value is -3.94. The Morgan fingerprint density at radius 3 is 2.73 bits per heavy atom. The number of ether oxygens (including phenoxy) is 1. The van der Waals surface area contributed by atoms with Gasteiger partial charge in [-0.1, -0.05) is 17.3 Å². The normalized spacial score (nSPS) is 16.1. The minimum absolute atomic E-state index is 0.0388. The van der Waals surface area contributed by atoms with Crippen molar-refractivity contribution in [3.8, 4) is 5.75 Å². The van der Waals surface area contributed by atoms with Gasteiger partial charge in [0.2, 0.25) is 0 Å². The number of rotatable bonds is 5. The molecule has 8 nitrogen and oxygen atoms in total. The number of hydrogen-bond donors (Lipinski definition) is 0. The van der Waals surface area contributed by atoms with Crippen LogP contribution in [0.3, 0.4) is 0 Å². The lowest BCUT2D eigenvalue weighted by molar-refractivity contribution is -0.134. The van der Waals surface area contributed by atoms with Gasteiger partial charge in [0.05, 0.1) is 24.6 Å². The van der Waals surface area contributed by atoms with E-state index in [1.54, 1.807) is 18.1 Å². The highest BCUT2D eigenvalue weighted by Gasteiger charge is 2.35. The van der Waals surface area contributed by atoms with Crippen LogP contribution in [0.25, 0.3) is 11.0 Å². The smallest absolute Gasteiger partial charge is 0.265 e. The van der Waals surface area contributed by atoms with Crippen molar-refractivity contribution < 1.29 is 13.9 Å². The zero-order valence-electron chi connectivity index (χ0n) is 16.3. The summed E-state index contributed by atoms with van der Waals surface area (Å²) in [5.41, 5.74) is 3.31. The molecular formula is C22H19N5O3. The second-order valence-corrected chi connectivity index (χ2v) is 6.98. The maximum Gasteiger partial charge on any atom is 0.265 e. The van der Waals surface area contributed by atoms with Gasteiger partial charge in [0.25, 0.3) is 5.91 Å². The summed E-state index contributed by atoms with van der Waals surface area (Å²) >= 11 is 0. The Bertz CT molecular complexity index is 1210. The zero-order chi connectivity index (χ0) is 20.5. The summed E-state index contributed by atoms with van der Waals surface area (Å²) in [6.07, 6.45) is 2.16. The number of benzene rings is 2. The van der Waals surface area contributed by atoms with Gasteiger partial charge in [-0.15, -0.1) is 5.10 Å². The number of amides is 1. The molecule has 0 bridgehead atoms. The molecule has 1 atom stereocenters. The van der Waals surface area contributed by atoms with Crippen molar-refractivity contribution in [1.82, 2.24) is 20.0 Å². The first-order valence-electron chi connectivity index (χ1n) is 9.58. The van der Waals surface area contributed by atoms with Crippen LogP contribution >= 0.6 is 0 Å². The van der Waals surface area contributed by atoms with Crippen molar-refractivity contribution in [2.45, 2.75) is 19.0 Å². The molecular weight excluding hydrogens is 382 g/mol. The largest absolute Gasteiger partial charge is 0.497 e. The molecule has 0 fully saturated rings. The topological polar surface area (TPSA) is 85.8 Å². The third kappa shape index (κ3) is 3.22. The van der Waals surface area contributed by atoms with E-state index in [1.807, 2.05) is 60.7 Å². The van der Waals surface area contributed by atoms with E-state index in [4.69, 9.17) is 9.15 Å². The number of carbonyl (C=O) groups is 1. The van der Waals surface area contributed by atoms with Crippen LogP contribution in [-0.2, 0) is 11.3 Å². The molecule has 0 aliphatic carbocycles. The van der Waals surface area contributed by atoms with Crippen LogP contribution in [0.2, 0.25) is 0 Å². The number of furan rings is 1. The lowest BCUT2D eigenvalue weighted by Crippen LogP contribution is -2.30. The number of methoxy groups -OCH3 is 1. The summed E-state index contributed by atoms with van der Waals surface area (Å²) in [6, 6.07) is 18.6. The number of para-hydroxylation sites is 1. The van der Waals surface area contributed by atoms with Gasteiger partial charge < -0.3 is 9.15 Å². The van der Waals surface area contributed by atoms with E-state index in [-0.39, 0.29) is 18.5 Å². The molecule has 0 radical (unpaired) electrons. The maximum absolute atomic E-state index is 13.2. The molecule has 3 heterocycles. The van der Waals surface area contributed by atoms with Crippen LogP contribution in [0.15, 0.2) is 76.4 Å². The predicted molar refractivity (Wildman–Crippen MR) is 110 cm³/mol. The molecule has 0 saturated carbocycles. The second-order valence-electron chi connectivity index (χ2n) is 6.98. The molecule has 0 unspecified atom stereocenters.